The van der Waals surface area contributed by atoms with Crippen molar-refractivity contribution >= 4 is 37.6 Å². The Labute approximate surface area is 156 Å². The molecule has 5 nitrogen and oxygen atoms in total. The highest BCUT2D eigenvalue weighted by molar-refractivity contribution is 9.10. The van der Waals surface area contributed by atoms with Gasteiger partial charge in [0.1, 0.15) is 0 Å². The Bertz CT molecular complexity index is 880. The predicted molar refractivity (Wildman–Crippen MR) is 102 cm³/mol. The molecule has 0 aromatic heterocycles. The fraction of sp³-hybridized carbons (Fsp3) is 0.278. The number of hydrogen-bond acceptors (Lipinski definition) is 3. The first kappa shape index (κ1) is 19.5. The number of sulfonamides is 1. The maximum absolute atomic E-state index is 12.9. The molecular formula is C18H20BrNO4S. The quantitative estimate of drug-likeness (QED) is 0.663. The van der Waals surface area contributed by atoms with E-state index in [1.807, 2.05) is 19.9 Å². The standard InChI is InChI=1S/C18H20BrNO4S/c1-3-6-12(2)14-7-4-5-8-17(14)25(23,24)20-16-10-9-13(19)11-15(16)18(21)22/h4-5,7-12,20H,3,6H2,1-2H3,(H,21,22). The highest BCUT2D eigenvalue weighted by atomic mass is 79.9. The molecule has 2 aromatic carbocycles. The molecule has 0 aliphatic heterocycles. The average molecular weight is 426 g/mol. The van der Waals surface area contributed by atoms with Crippen molar-refractivity contribution in [3.8, 4) is 0 Å². The highest BCUT2D eigenvalue weighted by Gasteiger charge is 2.23. The van der Waals surface area contributed by atoms with E-state index in [-0.39, 0.29) is 22.1 Å². The summed E-state index contributed by atoms with van der Waals surface area (Å²) in [5.41, 5.74) is 0.650. The lowest BCUT2D eigenvalue weighted by atomic mass is 9.97. The van der Waals surface area contributed by atoms with Gasteiger partial charge >= 0.3 is 5.97 Å². The Hall–Kier alpha value is -1.86. The highest BCUT2D eigenvalue weighted by Crippen LogP contribution is 2.30. The molecule has 0 spiro atoms. The monoisotopic (exact) mass is 425 g/mol. The van der Waals surface area contributed by atoms with Crippen LogP contribution in [0.5, 0.6) is 0 Å². The van der Waals surface area contributed by atoms with E-state index in [0.29, 0.717) is 4.47 Å². The molecule has 0 saturated heterocycles. The number of halogens is 1. The minimum absolute atomic E-state index is 0.0358. The van der Waals surface area contributed by atoms with E-state index in [1.165, 1.54) is 12.1 Å². The van der Waals surface area contributed by atoms with Gasteiger partial charge in [-0.05, 0) is 42.2 Å². The van der Waals surface area contributed by atoms with Gasteiger partial charge in [-0.15, -0.1) is 0 Å². The van der Waals surface area contributed by atoms with Crippen molar-refractivity contribution < 1.29 is 18.3 Å². The number of nitrogens with one attached hydrogen (secondary N) is 1. The Morgan fingerprint density at radius 2 is 1.92 bits per heavy atom. The summed E-state index contributed by atoms with van der Waals surface area (Å²) in [7, 11) is -3.90. The average Bonchev–Trinajstić information content (AvgIpc) is 2.56. The maximum atomic E-state index is 12.9. The van der Waals surface area contributed by atoms with Gasteiger partial charge in [0.05, 0.1) is 16.1 Å². The molecule has 0 bridgehead atoms. The summed E-state index contributed by atoms with van der Waals surface area (Å²) in [4.78, 5) is 11.6. The second-order valence-electron chi connectivity index (χ2n) is 5.83. The molecule has 2 aromatic rings. The number of rotatable bonds is 7. The summed E-state index contributed by atoms with van der Waals surface area (Å²) >= 11 is 3.20. The van der Waals surface area contributed by atoms with E-state index in [2.05, 4.69) is 20.7 Å². The molecule has 0 aliphatic carbocycles. The van der Waals surface area contributed by atoms with E-state index in [9.17, 15) is 18.3 Å². The van der Waals surface area contributed by atoms with Crippen LogP contribution in [0.4, 0.5) is 5.69 Å². The van der Waals surface area contributed by atoms with Crippen molar-refractivity contribution in [1.29, 1.82) is 0 Å². The first-order chi connectivity index (χ1) is 11.8. The number of carbonyl (C=O) groups is 1. The van der Waals surface area contributed by atoms with E-state index < -0.39 is 16.0 Å². The zero-order chi connectivity index (χ0) is 18.6. The number of hydrogen-bond donors (Lipinski definition) is 2. The first-order valence-corrected chi connectivity index (χ1v) is 10.2. The molecule has 2 rings (SSSR count). The summed E-state index contributed by atoms with van der Waals surface area (Å²) in [6.45, 7) is 4.03. The third-order valence-electron chi connectivity index (χ3n) is 3.92. The molecule has 134 valence electrons. The molecule has 1 atom stereocenters. The Morgan fingerprint density at radius 3 is 2.56 bits per heavy atom. The van der Waals surface area contributed by atoms with Crippen molar-refractivity contribution in [2.45, 2.75) is 37.5 Å². The van der Waals surface area contributed by atoms with Crippen LogP contribution in [0.3, 0.4) is 0 Å². The zero-order valence-electron chi connectivity index (χ0n) is 14.0. The van der Waals surface area contributed by atoms with Crippen LogP contribution in [0, 0.1) is 0 Å². The number of benzene rings is 2. The zero-order valence-corrected chi connectivity index (χ0v) is 16.4. The number of aromatic carboxylic acids is 1. The maximum Gasteiger partial charge on any atom is 0.337 e. The minimum Gasteiger partial charge on any atom is -0.478 e. The Morgan fingerprint density at radius 1 is 1.24 bits per heavy atom. The van der Waals surface area contributed by atoms with Crippen molar-refractivity contribution in [2.75, 3.05) is 4.72 Å². The van der Waals surface area contributed by atoms with E-state index in [1.54, 1.807) is 24.3 Å². The van der Waals surface area contributed by atoms with E-state index >= 15 is 0 Å². The molecule has 0 heterocycles. The molecule has 0 radical (unpaired) electrons. The van der Waals surface area contributed by atoms with Gasteiger partial charge in [0.2, 0.25) is 0 Å². The normalized spacial score (nSPS) is 12.6. The molecule has 0 aliphatic rings. The molecule has 0 amide bonds. The lowest BCUT2D eigenvalue weighted by Crippen LogP contribution is -2.18. The summed E-state index contributed by atoms with van der Waals surface area (Å²) < 4.78 is 28.7. The fourth-order valence-corrected chi connectivity index (χ4v) is 4.48. The van der Waals surface area contributed by atoms with Gasteiger partial charge in [0, 0.05) is 4.47 Å². The summed E-state index contributed by atoms with van der Waals surface area (Å²) in [6.07, 6.45) is 1.81. The second-order valence-corrected chi connectivity index (χ2v) is 8.39. The van der Waals surface area contributed by atoms with Crippen molar-refractivity contribution in [1.82, 2.24) is 0 Å². The van der Waals surface area contributed by atoms with Gasteiger partial charge in [-0.25, -0.2) is 13.2 Å². The number of carboxylic acid groups (broad SMARTS) is 1. The molecule has 7 heteroatoms. The van der Waals surface area contributed by atoms with Crippen LogP contribution in [-0.2, 0) is 10.0 Å². The van der Waals surface area contributed by atoms with Crippen LogP contribution in [0.2, 0.25) is 0 Å². The first-order valence-electron chi connectivity index (χ1n) is 7.91. The van der Waals surface area contributed by atoms with Gasteiger partial charge in [-0.3, -0.25) is 4.72 Å². The Balaban J connectivity index is 2.47. The van der Waals surface area contributed by atoms with Gasteiger partial charge in [-0.2, -0.15) is 0 Å². The summed E-state index contributed by atoms with van der Waals surface area (Å²) in [5, 5.41) is 9.31. The van der Waals surface area contributed by atoms with Gasteiger partial charge in [0.25, 0.3) is 10.0 Å². The SMILES string of the molecule is CCCC(C)c1ccccc1S(=O)(=O)Nc1ccc(Br)cc1C(=O)O. The fourth-order valence-electron chi connectivity index (χ4n) is 2.70. The van der Waals surface area contributed by atoms with Crippen molar-refractivity contribution in [3.63, 3.8) is 0 Å². The predicted octanol–water partition coefficient (Wildman–Crippen LogP) is 4.85. The Kier molecular flexibility index (Phi) is 6.24. The molecular weight excluding hydrogens is 406 g/mol. The summed E-state index contributed by atoms with van der Waals surface area (Å²) in [6, 6.07) is 11.2. The third-order valence-corrected chi connectivity index (χ3v) is 5.85. The number of anilines is 1. The van der Waals surface area contributed by atoms with Gasteiger partial charge < -0.3 is 5.11 Å². The van der Waals surface area contributed by atoms with Crippen molar-refractivity contribution in [3.05, 3.63) is 58.1 Å². The third kappa shape index (κ3) is 4.61. The largest absolute Gasteiger partial charge is 0.478 e. The van der Waals surface area contributed by atoms with Crippen LogP contribution < -0.4 is 4.72 Å². The molecule has 0 fully saturated rings. The lowest BCUT2D eigenvalue weighted by Gasteiger charge is -2.17. The molecule has 0 saturated carbocycles. The van der Waals surface area contributed by atoms with E-state index in [4.69, 9.17) is 0 Å². The van der Waals surface area contributed by atoms with Gasteiger partial charge in [0.15, 0.2) is 0 Å². The minimum atomic E-state index is -3.90. The topological polar surface area (TPSA) is 83.5 Å². The van der Waals surface area contributed by atoms with Crippen LogP contribution in [-0.4, -0.2) is 19.5 Å². The van der Waals surface area contributed by atoms with Crippen LogP contribution >= 0.6 is 15.9 Å². The van der Waals surface area contributed by atoms with E-state index in [0.717, 1.165) is 18.4 Å². The molecule has 1 unspecified atom stereocenters. The van der Waals surface area contributed by atoms with Crippen molar-refractivity contribution in [2.24, 2.45) is 0 Å². The van der Waals surface area contributed by atoms with Crippen LogP contribution in [0.15, 0.2) is 51.8 Å². The number of carboxylic acids is 1. The summed E-state index contributed by atoms with van der Waals surface area (Å²) in [5.74, 6) is -1.12. The lowest BCUT2D eigenvalue weighted by molar-refractivity contribution is 0.0698. The van der Waals surface area contributed by atoms with Gasteiger partial charge in [-0.1, -0.05) is 54.4 Å². The molecule has 2 N–H and O–H groups in total. The smallest absolute Gasteiger partial charge is 0.337 e. The van der Waals surface area contributed by atoms with Crippen LogP contribution in [0.1, 0.15) is 48.5 Å². The van der Waals surface area contributed by atoms with Crippen LogP contribution in [0.25, 0.3) is 0 Å². The molecule has 25 heavy (non-hydrogen) atoms. The second kappa shape index (κ2) is 8.01.